The van der Waals surface area contributed by atoms with Crippen molar-refractivity contribution in [1.29, 1.82) is 0 Å². The van der Waals surface area contributed by atoms with E-state index in [1.807, 2.05) is 13.8 Å². The van der Waals surface area contributed by atoms with Crippen LogP contribution in [0.5, 0.6) is 0 Å². The van der Waals surface area contributed by atoms with Crippen LogP contribution in [0.1, 0.15) is 25.0 Å². The quantitative estimate of drug-likeness (QED) is 0.836. The van der Waals surface area contributed by atoms with Crippen molar-refractivity contribution in [2.75, 3.05) is 32.2 Å². The highest BCUT2D eigenvalue weighted by molar-refractivity contribution is 5.56. The average Bonchev–Trinajstić information content (AvgIpc) is 2.43. The van der Waals surface area contributed by atoms with Crippen molar-refractivity contribution in [3.05, 3.63) is 29.3 Å². The fourth-order valence-electron chi connectivity index (χ4n) is 2.09. The molecule has 0 amide bonds. The summed E-state index contributed by atoms with van der Waals surface area (Å²) in [6.45, 7) is 5.26. The van der Waals surface area contributed by atoms with Crippen LogP contribution in [0.2, 0.25) is 0 Å². The molecule has 0 fully saturated rings. The molecule has 0 spiro atoms. The Balaban J connectivity index is 3.13. The van der Waals surface area contributed by atoms with Gasteiger partial charge in [0.05, 0.1) is 12.2 Å². The van der Waals surface area contributed by atoms with Crippen molar-refractivity contribution in [3.8, 4) is 0 Å². The molecule has 1 rings (SSSR count). The van der Waals surface area contributed by atoms with Crippen molar-refractivity contribution >= 4 is 5.69 Å². The van der Waals surface area contributed by atoms with Crippen molar-refractivity contribution in [3.63, 3.8) is 0 Å². The second kappa shape index (κ2) is 7.66. The van der Waals surface area contributed by atoms with E-state index in [2.05, 4.69) is 5.32 Å². The van der Waals surface area contributed by atoms with Gasteiger partial charge in [-0.1, -0.05) is 13.0 Å². The third-order valence-corrected chi connectivity index (χ3v) is 3.39. The standard InChI is InChI=1S/C15H23F3N2O/c1-5-19-9-12-6-7-14(13(8-12)15(16,17)18)20(3)11(2)10-21-4/h6-8,11,19H,5,9-10H2,1-4H3. The lowest BCUT2D eigenvalue weighted by molar-refractivity contribution is -0.137. The minimum Gasteiger partial charge on any atom is -0.383 e. The Labute approximate surface area is 124 Å². The maximum absolute atomic E-state index is 13.3. The Hall–Kier alpha value is -1.27. The molecule has 1 unspecified atom stereocenters. The molecule has 0 aromatic heterocycles. The molecule has 0 saturated carbocycles. The number of likely N-dealkylation sites (N-methyl/N-ethyl adjacent to an activating group) is 1. The van der Waals surface area contributed by atoms with E-state index < -0.39 is 11.7 Å². The van der Waals surface area contributed by atoms with Gasteiger partial charge in [0.25, 0.3) is 0 Å². The van der Waals surface area contributed by atoms with Crippen molar-refractivity contribution < 1.29 is 17.9 Å². The van der Waals surface area contributed by atoms with Crippen molar-refractivity contribution in [2.45, 2.75) is 32.6 Å². The first-order chi connectivity index (χ1) is 9.81. The maximum atomic E-state index is 13.3. The summed E-state index contributed by atoms with van der Waals surface area (Å²) in [5.74, 6) is 0. The zero-order valence-electron chi connectivity index (χ0n) is 12.9. The Morgan fingerprint density at radius 2 is 2.00 bits per heavy atom. The molecule has 0 saturated heterocycles. The third kappa shape index (κ3) is 4.89. The molecule has 0 bridgehead atoms. The molecule has 0 aliphatic rings. The van der Waals surface area contributed by atoms with Crippen LogP contribution in [-0.2, 0) is 17.5 Å². The normalized spacial score (nSPS) is 13.3. The molecule has 21 heavy (non-hydrogen) atoms. The van der Waals surface area contributed by atoms with Gasteiger partial charge in [0, 0.05) is 32.4 Å². The van der Waals surface area contributed by atoms with Crippen LogP contribution in [0.3, 0.4) is 0 Å². The molecule has 1 N–H and O–H groups in total. The number of alkyl halides is 3. The number of ether oxygens (including phenoxy) is 1. The molecular formula is C15H23F3N2O. The van der Waals surface area contributed by atoms with Gasteiger partial charge in [-0.2, -0.15) is 13.2 Å². The molecule has 3 nitrogen and oxygen atoms in total. The first-order valence-corrected chi connectivity index (χ1v) is 6.93. The zero-order valence-corrected chi connectivity index (χ0v) is 12.9. The smallest absolute Gasteiger partial charge is 0.383 e. The van der Waals surface area contributed by atoms with Crippen LogP contribution in [0.15, 0.2) is 18.2 Å². The number of hydrogen-bond acceptors (Lipinski definition) is 3. The van der Waals surface area contributed by atoms with E-state index in [0.29, 0.717) is 25.3 Å². The van der Waals surface area contributed by atoms with Gasteiger partial charge in [0.15, 0.2) is 0 Å². The van der Waals surface area contributed by atoms with Gasteiger partial charge in [-0.05, 0) is 31.2 Å². The van der Waals surface area contributed by atoms with Gasteiger partial charge in [0.2, 0.25) is 0 Å². The highest BCUT2D eigenvalue weighted by Crippen LogP contribution is 2.37. The summed E-state index contributed by atoms with van der Waals surface area (Å²) >= 11 is 0. The lowest BCUT2D eigenvalue weighted by Gasteiger charge is -2.29. The number of rotatable bonds is 7. The lowest BCUT2D eigenvalue weighted by Crippen LogP contribution is -2.34. The fourth-order valence-corrected chi connectivity index (χ4v) is 2.09. The number of methoxy groups -OCH3 is 1. The van der Waals surface area contributed by atoms with E-state index in [0.717, 1.165) is 0 Å². The van der Waals surface area contributed by atoms with Gasteiger partial charge in [-0.25, -0.2) is 0 Å². The topological polar surface area (TPSA) is 24.5 Å². The summed E-state index contributed by atoms with van der Waals surface area (Å²) in [6.07, 6.45) is -4.38. The van der Waals surface area contributed by atoms with Gasteiger partial charge in [-0.15, -0.1) is 0 Å². The largest absolute Gasteiger partial charge is 0.418 e. The minimum absolute atomic E-state index is 0.143. The van der Waals surface area contributed by atoms with Crippen LogP contribution in [0, 0.1) is 0 Å². The number of hydrogen-bond donors (Lipinski definition) is 1. The molecule has 0 radical (unpaired) electrons. The molecule has 1 aromatic rings. The number of halogens is 3. The molecular weight excluding hydrogens is 281 g/mol. The second-order valence-electron chi connectivity index (χ2n) is 5.04. The Morgan fingerprint density at radius 3 is 2.52 bits per heavy atom. The summed E-state index contributed by atoms with van der Waals surface area (Å²) < 4.78 is 44.9. The predicted molar refractivity (Wildman–Crippen MR) is 78.6 cm³/mol. The van der Waals surface area contributed by atoms with Gasteiger partial charge < -0.3 is 15.0 Å². The van der Waals surface area contributed by atoms with E-state index in [9.17, 15) is 13.2 Å². The number of benzene rings is 1. The first kappa shape index (κ1) is 17.8. The minimum atomic E-state index is -4.38. The van der Waals surface area contributed by atoms with E-state index in [4.69, 9.17) is 4.74 Å². The van der Waals surface area contributed by atoms with Crippen molar-refractivity contribution in [2.24, 2.45) is 0 Å². The highest BCUT2D eigenvalue weighted by Gasteiger charge is 2.35. The molecule has 0 aliphatic heterocycles. The summed E-state index contributed by atoms with van der Waals surface area (Å²) in [5, 5.41) is 3.03. The van der Waals surface area contributed by atoms with E-state index >= 15 is 0 Å². The van der Waals surface area contributed by atoms with E-state index in [-0.39, 0.29) is 11.7 Å². The molecule has 120 valence electrons. The number of nitrogens with one attached hydrogen (secondary N) is 1. The zero-order chi connectivity index (χ0) is 16.0. The molecule has 0 heterocycles. The van der Waals surface area contributed by atoms with E-state index in [1.54, 1.807) is 18.0 Å². The van der Waals surface area contributed by atoms with Gasteiger partial charge in [0.1, 0.15) is 0 Å². The number of anilines is 1. The van der Waals surface area contributed by atoms with Crippen LogP contribution < -0.4 is 10.2 Å². The maximum Gasteiger partial charge on any atom is 0.418 e. The lowest BCUT2D eigenvalue weighted by atomic mass is 10.1. The Kier molecular flexibility index (Phi) is 6.48. The highest BCUT2D eigenvalue weighted by atomic mass is 19.4. The molecule has 0 aliphatic carbocycles. The third-order valence-electron chi connectivity index (χ3n) is 3.39. The van der Waals surface area contributed by atoms with Crippen LogP contribution >= 0.6 is 0 Å². The average molecular weight is 304 g/mol. The van der Waals surface area contributed by atoms with Crippen LogP contribution in [0.4, 0.5) is 18.9 Å². The summed E-state index contributed by atoms with van der Waals surface area (Å²) in [7, 11) is 3.19. The Morgan fingerprint density at radius 1 is 1.33 bits per heavy atom. The SMILES string of the molecule is CCNCc1ccc(N(C)C(C)COC)c(C(F)(F)F)c1. The van der Waals surface area contributed by atoms with Crippen LogP contribution in [-0.4, -0.2) is 33.4 Å². The van der Waals surface area contributed by atoms with Crippen molar-refractivity contribution in [1.82, 2.24) is 5.32 Å². The first-order valence-electron chi connectivity index (χ1n) is 6.93. The van der Waals surface area contributed by atoms with E-state index in [1.165, 1.54) is 19.2 Å². The summed E-state index contributed by atoms with van der Waals surface area (Å²) in [6, 6.07) is 4.33. The second-order valence-corrected chi connectivity index (χ2v) is 5.04. The number of nitrogens with zero attached hydrogens (tertiary/aromatic N) is 1. The molecule has 1 aromatic carbocycles. The fraction of sp³-hybridized carbons (Fsp3) is 0.600. The van der Waals surface area contributed by atoms with Crippen LogP contribution in [0.25, 0.3) is 0 Å². The molecule has 6 heteroatoms. The predicted octanol–water partition coefficient (Wildman–Crippen LogP) is 3.29. The van der Waals surface area contributed by atoms with Gasteiger partial charge >= 0.3 is 6.18 Å². The summed E-state index contributed by atoms with van der Waals surface area (Å²) in [5.41, 5.74) is 0.191. The monoisotopic (exact) mass is 304 g/mol. The Bertz CT molecular complexity index is 449. The summed E-state index contributed by atoms with van der Waals surface area (Å²) in [4.78, 5) is 1.60. The van der Waals surface area contributed by atoms with Gasteiger partial charge in [-0.3, -0.25) is 0 Å². The molecule has 1 atom stereocenters.